The standard InChI is InChI=1S/C21H21N3/c1-2-6-18-14(4-1)12-15(13-23-18)16-5-3-7-20-21(16)17-8-10-22-11-9-19(17)24-20/h1-7,12-13,17,19,22,24H,8-11H2. The molecule has 1 aromatic heterocycles. The molecular formula is C21H21N3. The molecule has 24 heavy (non-hydrogen) atoms. The first-order chi connectivity index (χ1) is 11.9. The Balaban J connectivity index is 1.65. The molecule has 2 unspecified atom stereocenters. The highest BCUT2D eigenvalue weighted by atomic mass is 15.0. The summed E-state index contributed by atoms with van der Waals surface area (Å²) in [7, 11) is 0. The van der Waals surface area contributed by atoms with Crippen molar-refractivity contribution in [3.05, 3.63) is 60.3 Å². The maximum atomic E-state index is 4.67. The number of pyridine rings is 1. The van der Waals surface area contributed by atoms with E-state index in [1.54, 1.807) is 0 Å². The van der Waals surface area contributed by atoms with Gasteiger partial charge in [0.25, 0.3) is 0 Å². The minimum absolute atomic E-state index is 0.560. The van der Waals surface area contributed by atoms with Crippen molar-refractivity contribution in [3.8, 4) is 11.1 Å². The van der Waals surface area contributed by atoms with Crippen molar-refractivity contribution in [2.45, 2.75) is 24.8 Å². The molecule has 2 N–H and O–H groups in total. The summed E-state index contributed by atoms with van der Waals surface area (Å²) in [6, 6.07) is 17.8. The van der Waals surface area contributed by atoms with Crippen LogP contribution in [0.25, 0.3) is 22.0 Å². The van der Waals surface area contributed by atoms with Crippen LogP contribution in [-0.4, -0.2) is 24.1 Å². The SMILES string of the molecule is c1cc2c(c(-c3cnc4ccccc4c3)c1)C1CCNCCC1N2. The van der Waals surface area contributed by atoms with Crippen LogP contribution in [0.2, 0.25) is 0 Å². The average Bonchev–Trinajstić information content (AvgIpc) is 2.83. The first-order valence-corrected chi connectivity index (χ1v) is 8.85. The van der Waals surface area contributed by atoms with Crippen molar-refractivity contribution >= 4 is 16.6 Å². The Morgan fingerprint density at radius 3 is 2.88 bits per heavy atom. The van der Waals surface area contributed by atoms with Crippen LogP contribution in [0.5, 0.6) is 0 Å². The second-order valence-corrected chi connectivity index (χ2v) is 6.87. The number of benzene rings is 2. The number of para-hydroxylation sites is 1. The van der Waals surface area contributed by atoms with Crippen LogP contribution in [0.15, 0.2) is 54.7 Å². The second kappa shape index (κ2) is 5.60. The third-order valence-electron chi connectivity index (χ3n) is 5.47. The lowest BCUT2D eigenvalue weighted by molar-refractivity contribution is 0.579. The van der Waals surface area contributed by atoms with E-state index in [-0.39, 0.29) is 0 Å². The lowest BCUT2D eigenvalue weighted by Crippen LogP contribution is -2.21. The maximum Gasteiger partial charge on any atom is 0.0702 e. The fourth-order valence-electron chi connectivity index (χ4n) is 4.32. The molecule has 0 aliphatic carbocycles. The maximum absolute atomic E-state index is 4.67. The van der Waals surface area contributed by atoms with Gasteiger partial charge in [0.1, 0.15) is 0 Å². The highest BCUT2D eigenvalue weighted by molar-refractivity contribution is 5.86. The first kappa shape index (κ1) is 14.0. The zero-order chi connectivity index (χ0) is 15.9. The normalized spacial score (nSPS) is 22.5. The fraction of sp³-hybridized carbons (Fsp3) is 0.286. The van der Waals surface area contributed by atoms with Gasteiger partial charge < -0.3 is 10.6 Å². The van der Waals surface area contributed by atoms with Gasteiger partial charge in [-0.05, 0) is 55.3 Å². The number of hydrogen-bond donors (Lipinski definition) is 2. The molecule has 3 nitrogen and oxygen atoms in total. The Morgan fingerprint density at radius 2 is 1.88 bits per heavy atom. The summed E-state index contributed by atoms with van der Waals surface area (Å²) >= 11 is 0. The Bertz CT molecular complexity index is 902. The van der Waals surface area contributed by atoms with Crippen molar-refractivity contribution in [1.82, 2.24) is 10.3 Å². The largest absolute Gasteiger partial charge is 0.381 e. The Hall–Kier alpha value is -2.39. The zero-order valence-corrected chi connectivity index (χ0v) is 13.6. The smallest absolute Gasteiger partial charge is 0.0702 e. The molecule has 3 heteroatoms. The van der Waals surface area contributed by atoms with Gasteiger partial charge in [0.15, 0.2) is 0 Å². The van der Waals surface area contributed by atoms with Gasteiger partial charge in [-0.2, -0.15) is 0 Å². The van der Waals surface area contributed by atoms with Gasteiger partial charge in [-0.25, -0.2) is 0 Å². The Kier molecular flexibility index (Phi) is 3.27. The molecular weight excluding hydrogens is 294 g/mol. The first-order valence-electron chi connectivity index (χ1n) is 8.85. The van der Waals surface area contributed by atoms with Crippen molar-refractivity contribution in [1.29, 1.82) is 0 Å². The van der Waals surface area contributed by atoms with Crippen LogP contribution in [0, 0.1) is 0 Å². The summed E-state index contributed by atoms with van der Waals surface area (Å²) in [5.41, 5.74) is 6.43. The third kappa shape index (κ3) is 2.20. The summed E-state index contributed by atoms with van der Waals surface area (Å²) in [4.78, 5) is 4.67. The van der Waals surface area contributed by atoms with E-state index >= 15 is 0 Å². The molecule has 2 aromatic carbocycles. The lowest BCUT2D eigenvalue weighted by atomic mass is 9.86. The number of fused-ring (bicyclic) bond motifs is 4. The fourth-order valence-corrected chi connectivity index (χ4v) is 4.32. The molecule has 5 rings (SSSR count). The lowest BCUT2D eigenvalue weighted by Gasteiger charge is -2.18. The van der Waals surface area contributed by atoms with E-state index in [0.717, 1.165) is 18.6 Å². The molecule has 0 bridgehead atoms. The van der Waals surface area contributed by atoms with E-state index in [1.165, 1.54) is 40.6 Å². The van der Waals surface area contributed by atoms with Gasteiger partial charge in [0.05, 0.1) is 5.52 Å². The van der Waals surface area contributed by atoms with E-state index in [4.69, 9.17) is 0 Å². The van der Waals surface area contributed by atoms with Gasteiger partial charge >= 0.3 is 0 Å². The molecule has 120 valence electrons. The van der Waals surface area contributed by atoms with Crippen LogP contribution >= 0.6 is 0 Å². The molecule has 1 fully saturated rings. The number of aromatic nitrogens is 1. The summed E-state index contributed by atoms with van der Waals surface area (Å²) < 4.78 is 0. The average molecular weight is 315 g/mol. The summed E-state index contributed by atoms with van der Waals surface area (Å²) in [6.45, 7) is 2.21. The number of rotatable bonds is 1. The molecule has 0 radical (unpaired) electrons. The van der Waals surface area contributed by atoms with E-state index in [0.29, 0.717) is 12.0 Å². The van der Waals surface area contributed by atoms with Gasteiger partial charge in [0.2, 0.25) is 0 Å². The van der Waals surface area contributed by atoms with E-state index < -0.39 is 0 Å². The van der Waals surface area contributed by atoms with Crippen molar-refractivity contribution in [2.75, 3.05) is 18.4 Å². The van der Waals surface area contributed by atoms with E-state index in [9.17, 15) is 0 Å². The minimum atomic E-state index is 0.560. The quantitative estimate of drug-likeness (QED) is 0.708. The van der Waals surface area contributed by atoms with Crippen LogP contribution in [0.1, 0.15) is 24.3 Å². The second-order valence-electron chi connectivity index (χ2n) is 6.87. The topological polar surface area (TPSA) is 37.0 Å². The monoisotopic (exact) mass is 315 g/mol. The Labute approximate surface area is 142 Å². The number of anilines is 1. The molecule has 1 saturated heterocycles. The van der Waals surface area contributed by atoms with Crippen molar-refractivity contribution < 1.29 is 0 Å². The van der Waals surface area contributed by atoms with Crippen LogP contribution in [0.4, 0.5) is 5.69 Å². The minimum Gasteiger partial charge on any atom is -0.381 e. The highest BCUT2D eigenvalue weighted by Gasteiger charge is 2.34. The molecule has 0 amide bonds. The number of nitrogens with one attached hydrogen (secondary N) is 2. The van der Waals surface area contributed by atoms with Gasteiger partial charge in [-0.3, -0.25) is 4.98 Å². The summed E-state index contributed by atoms with van der Waals surface area (Å²) in [5, 5.41) is 8.51. The third-order valence-corrected chi connectivity index (χ3v) is 5.47. The zero-order valence-electron chi connectivity index (χ0n) is 13.6. The molecule has 2 aliphatic heterocycles. The molecule has 3 heterocycles. The van der Waals surface area contributed by atoms with Gasteiger partial charge in [0, 0.05) is 34.8 Å². The molecule has 0 saturated carbocycles. The summed E-state index contributed by atoms with van der Waals surface area (Å²) in [6.07, 6.45) is 4.41. The van der Waals surface area contributed by atoms with E-state index in [2.05, 4.69) is 58.1 Å². The summed E-state index contributed by atoms with van der Waals surface area (Å²) in [5.74, 6) is 0.595. The van der Waals surface area contributed by atoms with Gasteiger partial charge in [-0.15, -0.1) is 0 Å². The molecule has 2 aliphatic rings. The number of nitrogens with zero attached hydrogens (tertiary/aromatic N) is 1. The van der Waals surface area contributed by atoms with Crippen molar-refractivity contribution in [3.63, 3.8) is 0 Å². The number of hydrogen-bond acceptors (Lipinski definition) is 3. The van der Waals surface area contributed by atoms with Crippen LogP contribution in [0.3, 0.4) is 0 Å². The molecule has 2 atom stereocenters. The molecule has 0 spiro atoms. The molecule has 3 aromatic rings. The predicted octanol–water partition coefficient (Wildman–Crippen LogP) is 4.16. The Morgan fingerprint density at radius 1 is 0.958 bits per heavy atom. The van der Waals surface area contributed by atoms with E-state index in [1.807, 2.05) is 12.3 Å². The van der Waals surface area contributed by atoms with Crippen LogP contribution < -0.4 is 10.6 Å². The predicted molar refractivity (Wildman–Crippen MR) is 99.4 cm³/mol. The van der Waals surface area contributed by atoms with Crippen molar-refractivity contribution in [2.24, 2.45) is 0 Å². The van der Waals surface area contributed by atoms with Crippen LogP contribution in [-0.2, 0) is 0 Å². The highest BCUT2D eigenvalue weighted by Crippen LogP contribution is 2.45. The van der Waals surface area contributed by atoms with Gasteiger partial charge in [-0.1, -0.05) is 30.3 Å².